The largest absolute Gasteiger partial charge is 0.326 e. The van der Waals surface area contributed by atoms with Gasteiger partial charge in [0.05, 0.1) is 5.56 Å². The topological polar surface area (TPSA) is 46.2 Å². The maximum Gasteiger partial charge on any atom is 0.224 e. The molecule has 1 N–H and O–H groups in total. The summed E-state index contributed by atoms with van der Waals surface area (Å²) < 4.78 is 15.0. The van der Waals surface area contributed by atoms with E-state index in [-0.39, 0.29) is 17.3 Å². The van der Waals surface area contributed by atoms with Gasteiger partial charge in [-0.05, 0) is 58.8 Å². The minimum absolute atomic E-state index is 0.0500. The SMILES string of the molecule is O=C1CCc2cc(C(=O)c3ccccc3I)c(F)cc2N1. The molecule has 0 bridgehead atoms. The van der Waals surface area contributed by atoms with Crippen molar-refractivity contribution in [3.8, 4) is 0 Å². The van der Waals surface area contributed by atoms with E-state index in [0.29, 0.717) is 24.1 Å². The van der Waals surface area contributed by atoms with Crippen molar-refractivity contribution in [3.63, 3.8) is 0 Å². The Hall–Kier alpha value is -1.76. The van der Waals surface area contributed by atoms with Crippen LogP contribution in [0.3, 0.4) is 0 Å². The molecule has 0 fully saturated rings. The van der Waals surface area contributed by atoms with Crippen LogP contribution in [0.25, 0.3) is 0 Å². The summed E-state index contributed by atoms with van der Waals surface area (Å²) in [6.45, 7) is 0. The summed E-state index contributed by atoms with van der Waals surface area (Å²) in [5.41, 5.74) is 1.79. The highest BCUT2D eigenvalue weighted by molar-refractivity contribution is 14.1. The van der Waals surface area contributed by atoms with E-state index in [1.807, 2.05) is 12.1 Å². The van der Waals surface area contributed by atoms with E-state index in [4.69, 9.17) is 0 Å². The van der Waals surface area contributed by atoms with Gasteiger partial charge in [0, 0.05) is 21.2 Å². The highest BCUT2D eigenvalue weighted by Crippen LogP contribution is 2.27. The minimum Gasteiger partial charge on any atom is -0.326 e. The number of carbonyl (C=O) groups excluding carboxylic acids is 2. The van der Waals surface area contributed by atoms with Crippen LogP contribution in [0.5, 0.6) is 0 Å². The molecule has 21 heavy (non-hydrogen) atoms. The number of nitrogens with one attached hydrogen (secondary N) is 1. The quantitative estimate of drug-likeness (QED) is 0.625. The number of fused-ring (bicyclic) bond motifs is 1. The summed E-state index contributed by atoms with van der Waals surface area (Å²) in [7, 11) is 0. The molecule has 1 amide bonds. The maximum absolute atomic E-state index is 14.2. The lowest BCUT2D eigenvalue weighted by molar-refractivity contribution is -0.116. The standard InChI is InChI=1S/C16H11FINO2/c17-12-8-14-9(5-6-15(20)19-14)7-11(12)16(21)10-3-1-2-4-13(10)18/h1-4,7-8H,5-6H2,(H,19,20). The highest BCUT2D eigenvalue weighted by atomic mass is 127. The summed E-state index contributed by atoms with van der Waals surface area (Å²) in [5, 5.41) is 2.63. The molecule has 2 aromatic rings. The number of halogens is 2. The second-order valence-corrected chi connectivity index (χ2v) is 6.01. The molecular weight excluding hydrogens is 384 g/mol. The zero-order valence-corrected chi connectivity index (χ0v) is 13.1. The van der Waals surface area contributed by atoms with Crippen LogP contribution in [0, 0.1) is 9.39 Å². The number of anilines is 1. The third-order valence-corrected chi connectivity index (χ3v) is 4.39. The zero-order valence-electron chi connectivity index (χ0n) is 11.0. The number of hydrogen-bond donors (Lipinski definition) is 1. The molecule has 5 heteroatoms. The fourth-order valence-electron chi connectivity index (χ4n) is 2.37. The van der Waals surface area contributed by atoms with Crippen molar-refractivity contribution in [2.75, 3.05) is 5.32 Å². The predicted molar refractivity (Wildman–Crippen MR) is 85.9 cm³/mol. The van der Waals surface area contributed by atoms with Gasteiger partial charge in [0.2, 0.25) is 5.91 Å². The number of hydrogen-bond acceptors (Lipinski definition) is 2. The van der Waals surface area contributed by atoms with E-state index in [2.05, 4.69) is 27.9 Å². The van der Waals surface area contributed by atoms with Crippen LogP contribution in [0.2, 0.25) is 0 Å². The van der Waals surface area contributed by atoms with Gasteiger partial charge in [-0.3, -0.25) is 9.59 Å². The fraction of sp³-hybridized carbons (Fsp3) is 0.125. The minimum atomic E-state index is -0.611. The Morgan fingerprint density at radius 2 is 1.90 bits per heavy atom. The average molecular weight is 395 g/mol. The van der Waals surface area contributed by atoms with Crippen LogP contribution in [0.15, 0.2) is 36.4 Å². The maximum atomic E-state index is 14.2. The first-order valence-corrected chi connectivity index (χ1v) is 7.55. The summed E-state index contributed by atoms with van der Waals surface area (Å²) >= 11 is 2.06. The Kier molecular flexibility index (Phi) is 3.75. The number of amides is 1. The van der Waals surface area contributed by atoms with Crippen molar-refractivity contribution in [2.45, 2.75) is 12.8 Å². The number of benzene rings is 2. The molecule has 0 saturated carbocycles. The molecule has 1 heterocycles. The van der Waals surface area contributed by atoms with Crippen LogP contribution in [-0.2, 0) is 11.2 Å². The molecule has 0 spiro atoms. The molecule has 3 nitrogen and oxygen atoms in total. The monoisotopic (exact) mass is 395 g/mol. The van der Waals surface area contributed by atoms with Crippen molar-refractivity contribution in [1.82, 2.24) is 0 Å². The number of carbonyl (C=O) groups is 2. The van der Waals surface area contributed by atoms with Gasteiger partial charge < -0.3 is 5.32 Å². The van der Waals surface area contributed by atoms with Crippen LogP contribution >= 0.6 is 22.6 Å². The van der Waals surface area contributed by atoms with E-state index in [1.165, 1.54) is 6.07 Å². The van der Waals surface area contributed by atoms with E-state index in [0.717, 1.165) is 9.13 Å². The van der Waals surface area contributed by atoms with E-state index >= 15 is 0 Å². The number of ketones is 1. The van der Waals surface area contributed by atoms with E-state index in [9.17, 15) is 14.0 Å². The number of aryl methyl sites for hydroxylation is 1. The summed E-state index contributed by atoms with van der Waals surface area (Å²) in [6.07, 6.45) is 0.878. The molecule has 1 aliphatic rings. The van der Waals surface area contributed by atoms with Gasteiger partial charge in [0.1, 0.15) is 5.82 Å². The van der Waals surface area contributed by atoms with Gasteiger partial charge in [0.25, 0.3) is 0 Å². The molecule has 0 saturated heterocycles. The average Bonchev–Trinajstić information content (AvgIpc) is 2.46. The molecule has 0 unspecified atom stereocenters. The second kappa shape index (κ2) is 5.55. The first-order chi connectivity index (χ1) is 10.1. The van der Waals surface area contributed by atoms with Gasteiger partial charge in [0.15, 0.2) is 5.78 Å². The first kappa shape index (κ1) is 14.2. The zero-order chi connectivity index (χ0) is 15.0. The summed E-state index contributed by atoms with van der Waals surface area (Å²) in [5.74, 6) is -1.07. The molecule has 0 radical (unpaired) electrons. The normalized spacial score (nSPS) is 13.5. The van der Waals surface area contributed by atoms with Crippen molar-refractivity contribution >= 4 is 40.0 Å². The Balaban J connectivity index is 2.05. The smallest absolute Gasteiger partial charge is 0.224 e. The lowest BCUT2D eigenvalue weighted by atomic mass is 9.96. The van der Waals surface area contributed by atoms with Gasteiger partial charge >= 0.3 is 0 Å². The Bertz CT molecular complexity index is 758. The molecule has 0 aromatic heterocycles. The van der Waals surface area contributed by atoms with E-state index in [1.54, 1.807) is 18.2 Å². The van der Waals surface area contributed by atoms with Crippen LogP contribution in [-0.4, -0.2) is 11.7 Å². The van der Waals surface area contributed by atoms with Gasteiger partial charge in [-0.2, -0.15) is 0 Å². The van der Waals surface area contributed by atoms with Crippen molar-refractivity contribution < 1.29 is 14.0 Å². The molecule has 0 atom stereocenters. The Morgan fingerprint density at radius 1 is 1.14 bits per heavy atom. The molecule has 2 aromatic carbocycles. The Labute approximate surface area is 134 Å². The van der Waals surface area contributed by atoms with Gasteiger partial charge in [-0.25, -0.2) is 4.39 Å². The molecule has 3 rings (SSSR count). The van der Waals surface area contributed by atoms with Gasteiger partial charge in [-0.15, -0.1) is 0 Å². The third-order valence-electron chi connectivity index (χ3n) is 3.45. The summed E-state index contributed by atoms with van der Waals surface area (Å²) in [4.78, 5) is 23.8. The van der Waals surface area contributed by atoms with Crippen molar-refractivity contribution in [2.24, 2.45) is 0 Å². The van der Waals surface area contributed by atoms with Crippen LogP contribution in [0.4, 0.5) is 10.1 Å². The first-order valence-electron chi connectivity index (χ1n) is 6.48. The number of rotatable bonds is 2. The molecule has 0 aliphatic carbocycles. The highest BCUT2D eigenvalue weighted by Gasteiger charge is 2.22. The van der Waals surface area contributed by atoms with Crippen LogP contribution in [0.1, 0.15) is 27.9 Å². The van der Waals surface area contributed by atoms with Crippen molar-refractivity contribution in [1.29, 1.82) is 0 Å². The predicted octanol–water partition coefficient (Wildman–Crippen LogP) is 3.55. The van der Waals surface area contributed by atoms with Crippen LogP contribution < -0.4 is 5.32 Å². The lowest BCUT2D eigenvalue weighted by Crippen LogP contribution is -2.20. The molecule has 106 valence electrons. The fourth-order valence-corrected chi connectivity index (χ4v) is 3.00. The summed E-state index contributed by atoms with van der Waals surface area (Å²) in [6, 6.07) is 9.86. The van der Waals surface area contributed by atoms with E-state index < -0.39 is 5.82 Å². The van der Waals surface area contributed by atoms with Crippen molar-refractivity contribution in [3.05, 3.63) is 62.5 Å². The lowest BCUT2D eigenvalue weighted by Gasteiger charge is -2.18. The third kappa shape index (κ3) is 2.70. The molecular formula is C16H11FINO2. The molecule has 1 aliphatic heterocycles. The second-order valence-electron chi connectivity index (χ2n) is 4.85. The van der Waals surface area contributed by atoms with Gasteiger partial charge in [-0.1, -0.05) is 12.1 Å². The Morgan fingerprint density at radius 3 is 2.67 bits per heavy atom.